The number of aliphatic hydroxyl groups is 1. The fraction of sp³-hybridized carbons (Fsp3) is 0.167. The zero-order valence-corrected chi connectivity index (χ0v) is 10.2. The standard InChI is InChI=1S/C12H11FN2O2S/c13-7-2-1-3-8(6-7)15-12(18)10-9(16)4-5-14-11(10)17/h1-3,6,16H,4-5H2,(H,14,17)(H,15,18). The molecule has 0 unspecified atom stereocenters. The number of carbonyl (C=O) groups is 1. The Kier molecular flexibility index (Phi) is 3.57. The summed E-state index contributed by atoms with van der Waals surface area (Å²) in [5.41, 5.74) is 0.471. The van der Waals surface area contributed by atoms with Gasteiger partial charge in [0.2, 0.25) is 0 Å². The Balaban J connectivity index is 2.20. The summed E-state index contributed by atoms with van der Waals surface area (Å²) in [5.74, 6) is -0.880. The molecule has 1 aliphatic heterocycles. The van der Waals surface area contributed by atoms with E-state index in [1.54, 1.807) is 6.07 Å². The van der Waals surface area contributed by atoms with E-state index in [0.717, 1.165) is 0 Å². The summed E-state index contributed by atoms with van der Waals surface area (Å²) in [7, 11) is 0. The normalized spacial score (nSPS) is 15.3. The average molecular weight is 266 g/mol. The first kappa shape index (κ1) is 12.5. The molecule has 0 atom stereocenters. The average Bonchev–Trinajstić information content (AvgIpc) is 2.28. The lowest BCUT2D eigenvalue weighted by molar-refractivity contribution is -0.117. The molecule has 0 aliphatic carbocycles. The van der Waals surface area contributed by atoms with Gasteiger partial charge in [-0.05, 0) is 18.2 Å². The third kappa shape index (κ3) is 2.65. The van der Waals surface area contributed by atoms with Crippen LogP contribution in [0.4, 0.5) is 10.1 Å². The maximum absolute atomic E-state index is 13.0. The van der Waals surface area contributed by atoms with Crippen LogP contribution in [0, 0.1) is 5.82 Å². The molecule has 2 rings (SSSR count). The number of benzene rings is 1. The Morgan fingerprint density at radius 3 is 2.94 bits per heavy atom. The molecule has 0 bridgehead atoms. The number of amides is 1. The number of hydrogen-bond acceptors (Lipinski definition) is 3. The lowest BCUT2D eigenvalue weighted by Gasteiger charge is -2.18. The predicted molar refractivity (Wildman–Crippen MR) is 69.9 cm³/mol. The van der Waals surface area contributed by atoms with E-state index < -0.39 is 11.7 Å². The van der Waals surface area contributed by atoms with Crippen LogP contribution in [0.3, 0.4) is 0 Å². The van der Waals surface area contributed by atoms with Gasteiger partial charge in [-0.15, -0.1) is 0 Å². The van der Waals surface area contributed by atoms with Crippen LogP contribution in [0.5, 0.6) is 0 Å². The number of halogens is 1. The van der Waals surface area contributed by atoms with E-state index in [2.05, 4.69) is 10.6 Å². The summed E-state index contributed by atoms with van der Waals surface area (Å²) in [4.78, 5) is 11.7. The molecule has 0 spiro atoms. The van der Waals surface area contributed by atoms with Crippen LogP contribution in [-0.4, -0.2) is 22.5 Å². The summed E-state index contributed by atoms with van der Waals surface area (Å²) in [6, 6.07) is 5.70. The number of thiocarbonyl (C=S) groups is 1. The van der Waals surface area contributed by atoms with Crippen molar-refractivity contribution in [2.45, 2.75) is 6.42 Å². The first-order valence-electron chi connectivity index (χ1n) is 5.35. The summed E-state index contributed by atoms with van der Waals surface area (Å²) in [6.45, 7) is 0.386. The molecule has 6 heteroatoms. The van der Waals surface area contributed by atoms with Crippen molar-refractivity contribution in [1.82, 2.24) is 5.32 Å². The number of carbonyl (C=O) groups excluding carboxylic acids is 1. The zero-order valence-electron chi connectivity index (χ0n) is 9.37. The molecule has 18 heavy (non-hydrogen) atoms. The van der Waals surface area contributed by atoms with Crippen molar-refractivity contribution >= 4 is 28.8 Å². The second-order valence-electron chi connectivity index (χ2n) is 3.79. The first-order valence-corrected chi connectivity index (χ1v) is 5.76. The van der Waals surface area contributed by atoms with E-state index in [1.807, 2.05) is 0 Å². The largest absolute Gasteiger partial charge is 0.511 e. The van der Waals surface area contributed by atoms with E-state index in [9.17, 15) is 14.3 Å². The van der Waals surface area contributed by atoms with Gasteiger partial charge < -0.3 is 15.7 Å². The van der Waals surface area contributed by atoms with E-state index in [1.165, 1.54) is 18.2 Å². The Morgan fingerprint density at radius 1 is 1.50 bits per heavy atom. The highest BCUT2D eigenvalue weighted by Gasteiger charge is 2.23. The molecule has 1 amide bonds. The second-order valence-corrected chi connectivity index (χ2v) is 4.20. The van der Waals surface area contributed by atoms with Gasteiger partial charge in [-0.1, -0.05) is 18.3 Å². The Bertz CT molecular complexity index is 543. The molecule has 0 radical (unpaired) electrons. The molecule has 1 aromatic carbocycles. The first-order chi connectivity index (χ1) is 8.58. The maximum Gasteiger partial charge on any atom is 0.257 e. The third-order valence-electron chi connectivity index (χ3n) is 2.47. The number of rotatable bonds is 2. The Hall–Kier alpha value is -1.95. The number of hydrogen-bond donors (Lipinski definition) is 3. The van der Waals surface area contributed by atoms with Gasteiger partial charge >= 0.3 is 0 Å². The molecule has 1 aromatic rings. The number of aliphatic hydroxyl groups excluding tert-OH is 1. The van der Waals surface area contributed by atoms with Gasteiger partial charge in [-0.3, -0.25) is 4.79 Å². The van der Waals surface area contributed by atoms with Gasteiger partial charge in [0, 0.05) is 18.7 Å². The smallest absolute Gasteiger partial charge is 0.257 e. The van der Waals surface area contributed by atoms with E-state index in [0.29, 0.717) is 18.7 Å². The van der Waals surface area contributed by atoms with E-state index in [4.69, 9.17) is 12.2 Å². The predicted octanol–water partition coefficient (Wildman–Crippen LogP) is 1.90. The summed E-state index contributed by atoms with van der Waals surface area (Å²) < 4.78 is 13.0. The monoisotopic (exact) mass is 266 g/mol. The van der Waals surface area contributed by atoms with Crippen molar-refractivity contribution in [3.63, 3.8) is 0 Å². The summed E-state index contributed by atoms with van der Waals surface area (Å²) in [6.07, 6.45) is 0.339. The molecule has 0 saturated carbocycles. The molecule has 94 valence electrons. The van der Waals surface area contributed by atoms with Crippen molar-refractivity contribution in [2.24, 2.45) is 0 Å². The molecular weight excluding hydrogens is 255 g/mol. The van der Waals surface area contributed by atoms with E-state index >= 15 is 0 Å². The number of nitrogens with one attached hydrogen (secondary N) is 2. The molecular formula is C12H11FN2O2S. The van der Waals surface area contributed by atoms with Crippen LogP contribution < -0.4 is 10.6 Å². The van der Waals surface area contributed by atoms with Gasteiger partial charge in [-0.2, -0.15) is 0 Å². The van der Waals surface area contributed by atoms with Crippen LogP contribution in [0.2, 0.25) is 0 Å². The van der Waals surface area contributed by atoms with Gasteiger partial charge in [0.05, 0.1) is 0 Å². The van der Waals surface area contributed by atoms with Gasteiger partial charge in [0.1, 0.15) is 22.1 Å². The lowest BCUT2D eigenvalue weighted by Crippen LogP contribution is -2.36. The van der Waals surface area contributed by atoms with Crippen LogP contribution in [0.15, 0.2) is 35.6 Å². The molecule has 3 N–H and O–H groups in total. The second kappa shape index (κ2) is 5.14. The molecule has 4 nitrogen and oxygen atoms in total. The third-order valence-corrected chi connectivity index (χ3v) is 2.78. The van der Waals surface area contributed by atoms with Crippen LogP contribution in [0.25, 0.3) is 0 Å². The van der Waals surface area contributed by atoms with Crippen molar-refractivity contribution in [2.75, 3.05) is 11.9 Å². The fourth-order valence-corrected chi connectivity index (χ4v) is 1.96. The number of anilines is 1. The fourth-order valence-electron chi connectivity index (χ4n) is 1.63. The summed E-state index contributed by atoms with van der Waals surface area (Å²) >= 11 is 5.04. The van der Waals surface area contributed by atoms with Crippen molar-refractivity contribution < 1.29 is 14.3 Å². The van der Waals surface area contributed by atoms with Crippen LogP contribution in [0.1, 0.15) is 6.42 Å². The SMILES string of the molecule is O=C1NCCC(O)=C1C(=S)Nc1cccc(F)c1. The molecule has 1 heterocycles. The highest BCUT2D eigenvalue weighted by atomic mass is 32.1. The topological polar surface area (TPSA) is 61.4 Å². The van der Waals surface area contributed by atoms with Gasteiger partial charge in [-0.25, -0.2) is 4.39 Å². The molecule has 1 aliphatic rings. The van der Waals surface area contributed by atoms with Gasteiger partial charge in [0.25, 0.3) is 5.91 Å². The Labute approximate surface area is 109 Å². The highest BCUT2D eigenvalue weighted by molar-refractivity contribution is 7.81. The lowest BCUT2D eigenvalue weighted by atomic mass is 10.1. The molecule has 0 fully saturated rings. The highest BCUT2D eigenvalue weighted by Crippen LogP contribution is 2.16. The quantitative estimate of drug-likeness (QED) is 0.715. The minimum Gasteiger partial charge on any atom is -0.511 e. The maximum atomic E-state index is 13.0. The zero-order chi connectivity index (χ0) is 13.1. The molecule has 0 aromatic heterocycles. The van der Waals surface area contributed by atoms with Crippen molar-refractivity contribution in [3.8, 4) is 0 Å². The van der Waals surface area contributed by atoms with Crippen LogP contribution >= 0.6 is 12.2 Å². The Morgan fingerprint density at radius 2 is 2.28 bits per heavy atom. The van der Waals surface area contributed by atoms with Crippen LogP contribution in [-0.2, 0) is 4.79 Å². The minimum absolute atomic E-state index is 0.0421. The van der Waals surface area contributed by atoms with Crippen molar-refractivity contribution in [1.29, 1.82) is 0 Å². The molecule has 0 saturated heterocycles. The summed E-state index contributed by atoms with van der Waals surface area (Å²) in [5, 5.41) is 15.0. The van der Waals surface area contributed by atoms with Crippen molar-refractivity contribution in [3.05, 3.63) is 41.4 Å². The van der Waals surface area contributed by atoms with Gasteiger partial charge in [0.15, 0.2) is 0 Å². The van der Waals surface area contributed by atoms with E-state index in [-0.39, 0.29) is 16.3 Å². The minimum atomic E-state index is -0.423.